The molecule has 14 heteroatoms. The highest BCUT2D eigenvalue weighted by Crippen LogP contribution is 2.45. The molecule has 46 heavy (non-hydrogen) atoms. The van der Waals surface area contributed by atoms with E-state index in [1.165, 1.54) is 32.1 Å². The Kier molecular flexibility index (Phi) is 9.72. The lowest BCUT2D eigenvalue weighted by molar-refractivity contribution is 0.138. The molecule has 2 aromatic carbocycles. The molecule has 2 aromatic heterocycles. The lowest BCUT2D eigenvalue weighted by atomic mass is 9.97. The minimum Gasteiger partial charge on any atom is -0.467 e. The number of nitriles is 1. The highest BCUT2D eigenvalue weighted by molar-refractivity contribution is 7.23. The van der Waals surface area contributed by atoms with Crippen LogP contribution < -0.4 is 15.4 Å². The molecule has 0 aliphatic carbocycles. The van der Waals surface area contributed by atoms with Crippen molar-refractivity contribution in [3.05, 3.63) is 40.4 Å². The van der Waals surface area contributed by atoms with Crippen LogP contribution in [0, 0.1) is 23.0 Å². The number of nitrogen functional groups attached to an aromatic ring is 1. The van der Waals surface area contributed by atoms with Gasteiger partial charge in [0.15, 0.2) is 5.82 Å². The summed E-state index contributed by atoms with van der Waals surface area (Å²) in [5.74, 6) is -0.878. The van der Waals surface area contributed by atoms with Crippen LogP contribution in [0.5, 0.6) is 6.01 Å². The SMILES string of the molecule is COCC1CCOCCN1c1nc(OC)nc2c(F)c(-c3ccc(F)c4sc(N)c(C#N)c34)c(Cl)cc12.FC1CC2CCCN2C1. The van der Waals surface area contributed by atoms with Crippen molar-refractivity contribution in [3.63, 3.8) is 0 Å². The molecule has 2 N–H and O–H groups in total. The first-order valence-corrected chi connectivity index (χ1v) is 16.3. The van der Waals surface area contributed by atoms with Gasteiger partial charge in [0.2, 0.25) is 0 Å². The molecule has 3 fully saturated rings. The van der Waals surface area contributed by atoms with Crippen LogP contribution >= 0.6 is 22.9 Å². The number of fused-ring (bicyclic) bond motifs is 3. The lowest BCUT2D eigenvalue weighted by Crippen LogP contribution is -2.40. The highest BCUT2D eigenvalue weighted by atomic mass is 35.5. The molecule has 0 amide bonds. The third-order valence-electron chi connectivity index (χ3n) is 8.83. The van der Waals surface area contributed by atoms with Crippen LogP contribution in [-0.4, -0.2) is 86.8 Å². The summed E-state index contributed by atoms with van der Waals surface area (Å²) in [4.78, 5) is 13.1. The number of nitrogens with two attached hydrogens (primary N) is 1. The molecule has 3 unspecified atom stereocenters. The van der Waals surface area contributed by atoms with Gasteiger partial charge in [0.1, 0.15) is 34.4 Å². The Labute approximate surface area is 273 Å². The Morgan fingerprint density at radius 3 is 2.76 bits per heavy atom. The average Bonchev–Trinajstić information content (AvgIpc) is 3.66. The van der Waals surface area contributed by atoms with E-state index < -0.39 is 17.8 Å². The Morgan fingerprint density at radius 1 is 1.20 bits per heavy atom. The molecular weight excluding hydrogens is 641 g/mol. The summed E-state index contributed by atoms with van der Waals surface area (Å²) in [6.45, 7) is 3.76. The van der Waals surface area contributed by atoms with E-state index in [4.69, 9.17) is 31.5 Å². The summed E-state index contributed by atoms with van der Waals surface area (Å²) in [5, 5.41) is 10.5. The normalized spacial score (nSPS) is 21.6. The van der Waals surface area contributed by atoms with Crippen LogP contribution in [0.25, 0.3) is 32.1 Å². The predicted molar refractivity (Wildman–Crippen MR) is 174 cm³/mol. The van der Waals surface area contributed by atoms with E-state index in [-0.39, 0.29) is 54.4 Å². The van der Waals surface area contributed by atoms with Crippen molar-refractivity contribution in [3.8, 4) is 23.2 Å². The molecule has 7 rings (SSSR count). The van der Waals surface area contributed by atoms with Gasteiger partial charge in [0.25, 0.3) is 0 Å². The van der Waals surface area contributed by atoms with Crippen LogP contribution in [0.15, 0.2) is 18.2 Å². The fraction of sp³-hybridized carbons (Fsp3) is 0.469. The summed E-state index contributed by atoms with van der Waals surface area (Å²) in [6, 6.07) is 6.67. The smallest absolute Gasteiger partial charge is 0.318 e. The number of alkyl halides is 1. The van der Waals surface area contributed by atoms with Gasteiger partial charge in [-0.05, 0) is 49.9 Å². The van der Waals surface area contributed by atoms with Crippen molar-refractivity contribution in [2.75, 3.05) is 64.3 Å². The van der Waals surface area contributed by atoms with Gasteiger partial charge in [-0.25, -0.2) is 13.2 Å². The zero-order chi connectivity index (χ0) is 32.5. The molecule has 3 saturated heterocycles. The molecule has 0 bridgehead atoms. The van der Waals surface area contributed by atoms with E-state index >= 15 is 4.39 Å². The van der Waals surface area contributed by atoms with Crippen LogP contribution in [0.3, 0.4) is 0 Å². The van der Waals surface area contributed by atoms with Gasteiger partial charge in [0.05, 0.1) is 41.7 Å². The maximum Gasteiger partial charge on any atom is 0.318 e. The number of ether oxygens (including phenoxy) is 3. The van der Waals surface area contributed by atoms with Gasteiger partial charge in [-0.1, -0.05) is 17.7 Å². The van der Waals surface area contributed by atoms with Crippen LogP contribution in [0.1, 0.15) is 31.2 Å². The molecular formula is C32H34ClF3N6O3S. The third kappa shape index (κ3) is 6.04. The summed E-state index contributed by atoms with van der Waals surface area (Å²) in [6.07, 6.45) is 3.49. The fourth-order valence-corrected chi connectivity index (χ4v) is 7.96. The summed E-state index contributed by atoms with van der Waals surface area (Å²) in [7, 11) is 3.01. The van der Waals surface area contributed by atoms with Crippen molar-refractivity contribution in [2.24, 2.45) is 0 Å². The monoisotopic (exact) mass is 674 g/mol. The van der Waals surface area contributed by atoms with Crippen LogP contribution in [-0.2, 0) is 9.47 Å². The first-order chi connectivity index (χ1) is 22.2. The van der Waals surface area contributed by atoms with Crippen molar-refractivity contribution >= 4 is 54.7 Å². The molecule has 244 valence electrons. The fourth-order valence-electron chi connectivity index (χ4n) is 6.72. The van der Waals surface area contributed by atoms with E-state index in [1.807, 2.05) is 11.0 Å². The molecule has 3 atom stereocenters. The second kappa shape index (κ2) is 13.8. The zero-order valence-electron chi connectivity index (χ0n) is 25.5. The molecule has 3 aliphatic heterocycles. The second-order valence-electron chi connectivity index (χ2n) is 11.6. The van der Waals surface area contributed by atoms with E-state index in [2.05, 4.69) is 14.9 Å². The Morgan fingerprint density at radius 2 is 2.02 bits per heavy atom. The standard InChI is InChI=1S/C25H22ClF2N5O3S.C7H12FN/c1-34-11-12-5-7-36-8-6-33(12)24-14-9-16(26)19(20(28)21(14)31-25(32-24)35-2)13-3-4-17(27)22-18(13)15(10-29)23(30)37-22;8-6-4-7-2-1-3-9(7)5-6/h3-4,9,12H,5-8,11,30H2,1-2H3;6-7H,1-5H2. The number of halogens is 4. The van der Waals surface area contributed by atoms with Crippen molar-refractivity contribution in [1.29, 1.82) is 5.26 Å². The van der Waals surface area contributed by atoms with Crippen molar-refractivity contribution in [1.82, 2.24) is 14.9 Å². The maximum atomic E-state index is 16.4. The summed E-state index contributed by atoms with van der Waals surface area (Å²) in [5.41, 5.74) is 6.24. The van der Waals surface area contributed by atoms with Crippen molar-refractivity contribution < 1.29 is 27.4 Å². The average molecular weight is 675 g/mol. The largest absolute Gasteiger partial charge is 0.467 e. The van der Waals surface area contributed by atoms with E-state index in [9.17, 15) is 14.0 Å². The molecule has 3 aliphatic rings. The predicted octanol–water partition coefficient (Wildman–Crippen LogP) is 6.34. The van der Waals surface area contributed by atoms with E-state index in [1.54, 1.807) is 13.2 Å². The Bertz CT molecular complexity index is 1790. The topological polar surface area (TPSA) is 110 Å². The quantitative estimate of drug-likeness (QED) is 0.259. The minimum absolute atomic E-state index is 0.0205. The molecule has 9 nitrogen and oxygen atoms in total. The van der Waals surface area contributed by atoms with Crippen LogP contribution in [0.4, 0.5) is 24.0 Å². The summed E-state index contributed by atoms with van der Waals surface area (Å²) >= 11 is 7.63. The molecule has 4 aromatic rings. The molecule has 0 spiro atoms. The molecule has 0 saturated carbocycles. The number of rotatable bonds is 5. The zero-order valence-corrected chi connectivity index (χ0v) is 27.1. The van der Waals surface area contributed by atoms with Gasteiger partial charge < -0.3 is 24.8 Å². The van der Waals surface area contributed by atoms with Gasteiger partial charge in [-0.3, -0.25) is 4.90 Å². The number of aromatic nitrogens is 2. The number of nitrogens with zero attached hydrogens (tertiary/aromatic N) is 5. The van der Waals surface area contributed by atoms with Crippen LogP contribution in [0.2, 0.25) is 5.02 Å². The number of thiophene rings is 1. The maximum absolute atomic E-state index is 16.4. The third-order valence-corrected chi connectivity index (χ3v) is 10.2. The Hall–Kier alpha value is -3.41. The first kappa shape index (κ1) is 32.5. The van der Waals surface area contributed by atoms with E-state index in [0.29, 0.717) is 56.6 Å². The molecule has 0 radical (unpaired) electrons. The van der Waals surface area contributed by atoms with Crippen molar-refractivity contribution in [2.45, 2.75) is 43.9 Å². The van der Waals surface area contributed by atoms with Gasteiger partial charge in [-0.15, -0.1) is 11.3 Å². The number of anilines is 2. The Balaban J connectivity index is 0.000000352. The number of hydrogen-bond donors (Lipinski definition) is 1. The second-order valence-corrected chi connectivity index (χ2v) is 13.0. The lowest BCUT2D eigenvalue weighted by Gasteiger charge is -2.31. The molecule has 5 heterocycles. The number of hydrogen-bond acceptors (Lipinski definition) is 10. The number of benzene rings is 2. The van der Waals surface area contributed by atoms with Gasteiger partial charge >= 0.3 is 6.01 Å². The first-order valence-electron chi connectivity index (χ1n) is 15.1. The van der Waals surface area contributed by atoms with E-state index in [0.717, 1.165) is 24.3 Å². The van der Waals surface area contributed by atoms with Gasteiger partial charge in [-0.2, -0.15) is 15.2 Å². The highest BCUT2D eigenvalue weighted by Gasteiger charge is 2.35. The number of methoxy groups -OCH3 is 2. The van der Waals surface area contributed by atoms with Gasteiger partial charge in [0, 0.05) is 49.2 Å². The minimum atomic E-state index is -0.750. The summed E-state index contributed by atoms with van der Waals surface area (Å²) < 4.78 is 60.1.